The zero-order valence-electron chi connectivity index (χ0n) is 15.0. The molecule has 0 saturated heterocycles. The van der Waals surface area contributed by atoms with E-state index in [4.69, 9.17) is 9.47 Å². The van der Waals surface area contributed by atoms with Crippen LogP contribution in [0.3, 0.4) is 0 Å². The van der Waals surface area contributed by atoms with Gasteiger partial charge in [-0.15, -0.1) is 12.4 Å². The molecule has 25 heavy (non-hydrogen) atoms. The Morgan fingerprint density at radius 2 is 2.00 bits per heavy atom. The maximum atomic E-state index is 11.3. The van der Waals surface area contributed by atoms with E-state index in [0.29, 0.717) is 23.4 Å². The Bertz CT molecular complexity index is 724. The highest BCUT2D eigenvalue weighted by atomic mass is 35.5. The minimum Gasteiger partial charge on any atom is -0.495 e. The van der Waals surface area contributed by atoms with E-state index in [2.05, 4.69) is 15.0 Å². The number of carbonyl (C=O) groups is 1. The van der Waals surface area contributed by atoms with Crippen LogP contribution in [0.4, 0.5) is 4.79 Å². The van der Waals surface area contributed by atoms with Crippen LogP contribution in [-0.4, -0.2) is 42.5 Å². The van der Waals surface area contributed by atoms with Gasteiger partial charge in [0.05, 0.1) is 25.8 Å². The van der Waals surface area contributed by atoms with E-state index >= 15 is 0 Å². The molecule has 140 valence electrons. The summed E-state index contributed by atoms with van der Waals surface area (Å²) in [5.41, 5.74) is 1.24. The van der Waals surface area contributed by atoms with Crippen LogP contribution in [0.1, 0.15) is 32.4 Å². The minimum atomic E-state index is -0.822. The number of aliphatic hydroxyl groups is 1. The summed E-state index contributed by atoms with van der Waals surface area (Å²) < 4.78 is 14.8. The first kappa shape index (κ1) is 21.1. The lowest BCUT2D eigenvalue weighted by Crippen LogP contribution is -2.38. The highest BCUT2D eigenvalue weighted by molar-refractivity contribution is 5.90. The summed E-state index contributed by atoms with van der Waals surface area (Å²) in [7, 11) is 2.78. The number of aromatic amines is 1. The number of aromatic nitrogens is 1. The summed E-state index contributed by atoms with van der Waals surface area (Å²) in [4.78, 5) is 14.3. The minimum absolute atomic E-state index is 0. The van der Waals surface area contributed by atoms with E-state index in [9.17, 15) is 9.90 Å². The first-order valence-corrected chi connectivity index (χ1v) is 7.63. The van der Waals surface area contributed by atoms with Gasteiger partial charge in [-0.25, -0.2) is 4.79 Å². The van der Waals surface area contributed by atoms with Crippen LogP contribution in [0.15, 0.2) is 18.2 Å². The van der Waals surface area contributed by atoms with E-state index < -0.39 is 12.3 Å². The number of β-amino-alcohol motifs (C(OH)–C–C–N with tert-alkyl or cyclic N) is 1. The summed E-state index contributed by atoms with van der Waals surface area (Å²) in [5.74, 6) is 0.808. The Hall–Kier alpha value is -1.96. The Kier molecular flexibility index (Phi) is 7.10. The van der Waals surface area contributed by atoms with Crippen molar-refractivity contribution in [2.24, 2.45) is 0 Å². The summed E-state index contributed by atoms with van der Waals surface area (Å²) in [6.07, 6.45) is -1.54. The molecule has 0 bridgehead atoms. The molecule has 1 aromatic heterocycles. The van der Waals surface area contributed by atoms with Crippen molar-refractivity contribution in [1.82, 2.24) is 10.3 Å². The molecule has 1 aromatic carbocycles. The third-order valence-corrected chi connectivity index (χ3v) is 3.53. The quantitative estimate of drug-likeness (QED) is 0.698. The van der Waals surface area contributed by atoms with Crippen molar-refractivity contribution < 1.29 is 24.1 Å². The number of nitrogens with one attached hydrogen (secondary N) is 2. The van der Waals surface area contributed by atoms with Crippen LogP contribution in [-0.2, 0) is 4.74 Å². The van der Waals surface area contributed by atoms with Crippen molar-refractivity contribution in [2.45, 2.75) is 32.4 Å². The average Bonchev–Trinajstić information content (AvgIpc) is 2.94. The number of methoxy groups -OCH3 is 2. The number of aliphatic hydroxyl groups excluding tert-OH is 1. The largest absolute Gasteiger partial charge is 0.514 e. The van der Waals surface area contributed by atoms with Crippen molar-refractivity contribution in [3.8, 4) is 11.6 Å². The van der Waals surface area contributed by atoms with Gasteiger partial charge in [-0.05, 0) is 32.4 Å². The molecule has 0 aliphatic carbocycles. The smallest absolute Gasteiger partial charge is 0.495 e. The fraction of sp³-hybridized carbons (Fsp3) is 0.471. The molecule has 2 rings (SSSR count). The second kappa shape index (κ2) is 8.42. The van der Waals surface area contributed by atoms with Gasteiger partial charge < -0.3 is 29.6 Å². The van der Waals surface area contributed by atoms with E-state index in [1.807, 2.05) is 20.8 Å². The van der Waals surface area contributed by atoms with Crippen LogP contribution in [0.5, 0.6) is 11.6 Å². The molecule has 8 heteroatoms. The first-order chi connectivity index (χ1) is 11.2. The Labute approximate surface area is 153 Å². The summed E-state index contributed by atoms with van der Waals surface area (Å²) in [6, 6.07) is 5.20. The van der Waals surface area contributed by atoms with Gasteiger partial charge in [0.2, 0.25) is 5.88 Å². The number of carbonyl (C=O) groups excluding carboxylic acids is 1. The molecule has 0 spiro atoms. The Morgan fingerprint density at radius 1 is 1.32 bits per heavy atom. The second-order valence-corrected chi connectivity index (χ2v) is 6.48. The SMILES string of the molecule is COC(=O)Oc1cc2c(C(O)CNC(C)(C)C)ccc(OC)c2[nH]1.Cl. The molecule has 0 saturated carbocycles. The molecule has 2 aromatic rings. The summed E-state index contributed by atoms with van der Waals surface area (Å²) >= 11 is 0. The third-order valence-electron chi connectivity index (χ3n) is 3.53. The zero-order chi connectivity index (χ0) is 17.9. The molecule has 0 aliphatic rings. The van der Waals surface area contributed by atoms with Crippen molar-refractivity contribution >= 4 is 29.5 Å². The molecule has 0 fully saturated rings. The fourth-order valence-electron chi connectivity index (χ4n) is 2.35. The number of halogens is 1. The standard InChI is InChI=1S/C17H24N2O5.ClH/c1-17(2,3)18-9-12(20)10-6-7-13(22-4)15-11(10)8-14(19-15)24-16(21)23-5;/h6-8,12,18-20H,9H2,1-5H3;1H. The van der Waals surface area contributed by atoms with Gasteiger partial charge in [0.15, 0.2) is 0 Å². The lowest BCUT2D eigenvalue weighted by Gasteiger charge is -2.23. The molecule has 0 radical (unpaired) electrons. The predicted octanol–water partition coefficient (Wildman–Crippen LogP) is 3.17. The first-order valence-electron chi connectivity index (χ1n) is 7.63. The van der Waals surface area contributed by atoms with Gasteiger partial charge in [-0.2, -0.15) is 0 Å². The monoisotopic (exact) mass is 372 g/mol. The number of fused-ring (bicyclic) bond motifs is 1. The van der Waals surface area contributed by atoms with E-state index in [-0.39, 0.29) is 23.8 Å². The topological polar surface area (TPSA) is 92.8 Å². The maximum Gasteiger partial charge on any atom is 0.514 e. The number of rotatable bonds is 5. The van der Waals surface area contributed by atoms with Crippen molar-refractivity contribution in [2.75, 3.05) is 20.8 Å². The van der Waals surface area contributed by atoms with Gasteiger partial charge in [-0.3, -0.25) is 0 Å². The highest BCUT2D eigenvalue weighted by Gasteiger charge is 2.19. The van der Waals surface area contributed by atoms with Crippen molar-refractivity contribution in [3.63, 3.8) is 0 Å². The second-order valence-electron chi connectivity index (χ2n) is 6.48. The molecule has 1 heterocycles. The average molecular weight is 373 g/mol. The van der Waals surface area contributed by atoms with Gasteiger partial charge in [0, 0.05) is 23.5 Å². The molecule has 0 amide bonds. The molecular weight excluding hydrogens is 348 g/mol. The van der Waals surface area contributed by atoms with Crippen molar-refractivity contribution in [1.29, 1.82) is 0 Å². The van der Waals surface area contributed by atoms with Crippen LogP contribution in [0.2, 0.25) is 0 Å². The van der Waals surface area contributed by atoms with E-state index in [1.165, 1.54) is 7.11 Å². The lowest BCUT2D eigenvalue weighted by molar-refractivity contribution is 0.120. The normalized spacial score (nSPS) is 12.4. The molecule has 7 nitrogen and oxygen atoms in total. The van der Waals surface area contributed by atoms with Crippen LogP contribution >= 0.6 is 12.4 Å². The number of benzene rings is 1. The Morgan fingerprint density at radius 3 is 2.56 bits per heavy atom. The molecular formula is C17H25ClN2O5. The zero-order valence-corrected chi connectivity index (χ0v) is 15.8. The molecule has 1 atom stereocenters. The van der Waals surface area contributed by atoms with Gasteiger partial charge in [-0.1, -0.05) is 6.07 Å². The van der Waals surface area contributed by atoms with Crippen LogP contribution in [0.25, 0.3) is 10.9 Å². The van der Waals surface area contributed by atoms with Crippen LogP contribution < -0.4 is 14.8 Å². The molecule has 1 unspecified atom stereocenters. The third kappa shape index (κ3) is 5.26. The van der Waals surface area contributed by atoms with E-state index in [1.54, 1.807) is 25.3 Å². The molecule has 0 aliphatic heterocycles. The number of hydrogen-bond acceptors (Lipinski definition) is 6. The number of ether oxygens (including phenoxy) is 3. The summed E-state index contributed by atoms with van der Waals surface area (Å²) in [6.45, 7) is 6.48. The highest BCUT2D eigenvalue weighted by Crippen LogP contribution is 2.34. The van der Waals surface area contributed by atoms with Gasteiger partial charge in [0.1, 0.15) is 5.75 Å². The van der Waals surface area contributed by atoms with Gasteiger partial charge >= 0.3 is 6.16 Å². The van der Waals surface area contributed by atoms with E-state index in [0.717, 1.165) is 5.39 Å². The fourth-order valence-corrected chi connectivity index (χ4v) is 2.35. The van der Waals surface area contributed by atoms with Crippen molar-refractivity contribution in [3.05, 3.63) is 23.8 Å². The maximum absolute atomic E-state index is 11.3. The van der Waals surface area contributed by atoms with Crippen LogP contribution in [0, 0.1) is 0 Å². The summed E-state index contributed by atoms with van der Waals surface area (Å²) in [5, 5.41) is 14.5. The Balaban J connectivity index is 0.00000312. The lowest BCUT2D eigenvalue weighted by atomic mass is 10.0. The number of H-pyrrole nitrogens is 1. The molecule has 3 N–H and O–H groups in total. The van der Waals surface area contributed by atoms with Gasteiger partial charge in [0.25, 0.3) is 0 Å². The predicted molar refractivity (Wildman–Crippen MR) is 97.8 cm³/mol. The number of hydrogen-bond donors (Lipinski definition) is 3.